The van der Waals surface area contributed by atoms with Gasteiger partial charge in [-0.15, -0.1) is 11.8 Å². The zero-order chi connectivity index (χ0) is 11.5. The zero-order valence-corrected chi connectivity index (χ0v) is 9.53. The third-order valence-corrected chi connectivity index (χ3v) is 4.01. The predicted molar refractivity (Wildman–Crippen MR) is 59.5 cm³/mol. The molecule has 2 rings (SSSR count). The van der Waals surface area contributed by atoms with Crippen molar-refractivity contribution < 1.29 is 13.6 Å². The lowest BCUT2D eigenvalue weighted by Gasteiger charge is -2.19. The van der Waals surface area contributed by atoms with Crippen molar-refractivity contribution in [2.75, 3.05) is 0 Å². The van der Waals surface area contributed by atoms with Gasteiger partial charge in [0.2, 0.25) is 0 Å². The first-order chi connectivity index (χ1) is 7.66. The number of thioether (sulfide) groups is 1. The maximum Gasteiger partial charge on any atom is 0.146 e. The number of carbonyl (C=O) groups is 1. The maximum atomic E-state index is 13.4. The Labute approximate surface area is 97.2 Å². The van der Waals surface area contributed by atoms with E-state index in [0.717, 1.165) is 49.2 Å². The summed E-state index contributed by atoms with van der Waals surface area (Å²) in [5.74, 6) is -0.767. The lowest BCUT2D eigenvalue weighted by molar-refractivity contribution is -0.119. The fraction of sp³-hybridized carbons (Fsp3) is 0.417. The van der Waals surface area contributed by atoms with E-state index in [0.29, 0.717) is 6.42 Å². The molecule has 0 aliphatic heterocycles. The molecule has 16 heavy (non-hydrogen) atoms. The normalized spacial score (nSPS) is 21.1. The Kier molecular flexibility index (Phi) is 3.59. The van der Waals surface area contributed by atoms with E-state index < -0.39 is 11.6 Å². The number of hydrogen-bond acceptors (Lipinski definition) is 2. The predicted octanol–water partition coefficient (Wildman–Crippen LogP) is 3.57. The van der Waals surface area contributed by atoms with Gasteiger partial charge in [-0.25, -0.2) is 8.78 Å². The molecule has 1 saturated carbocycles. The molecule has 1 atom stereocenters. The minimum absolute atomic E-state index is 0.153. The Morgan fingerprint density at radius 3 is 2.81 bits per heavy atom. The molecular formula is C12H12F2OS. The van der Waals surface area contributed by atoms with Crippen LogP contribution >= 0.6 is 11.8 Å². The first-order valence-electron chi connectivity index (χ1n) is 5.31. The molecule has 0 heterocycles. The molecular weight excluding hydrogens is 230 g/mol. The Morgan fingerprint density at radius 1 is 1.25 bits per heavy atom. The van der Waals surface area contributed by atoms with Crippen LogP contribution in [0.4, 0.5) is 8.78 Å². The van der Waals surface area contributed by atoms with Crippen molar-refractivity contribution in [2.24, 2.45) is 0 Å². The highest BCUT2D eigenvalue weighted by molar-refractivity contribution is 8.00. The van der Waals surface area contributed by atoms with Gasteiger partial charge in [-0.1, -0.05) is 6.42 Å². The molecule has 86 valence electrons. The average Bonchev–Trinajstić information content (AvgIpc) is 2.27. The summed E-state index contributed by atoms with van der Waals surface area (Å²) in [5, 5.41) is -0.204. The third-order valence-electron chi connectivity index (χ3n) is 2.66. The molecule has 0 bridgehead atoms. The van der Waals surface area contributed by atoms with Crippen molar-refractivity contribution in [3.8, 4) is 0 Å². The van der Waals surface area contributed by atoms with E-state index in [1.165, 1.54) is 0 Å². The molecule has 1 unspecified atom stereocenters. The van der Waals surface area contributed by atoms with Crippen molar-refractivity contribution in [3.63, 3.8) is 0 Å². The van der Waals surface area contributed by atoms with Crippen LogP contribution in [0.25, 0.3) is 0 Å². The monoisotopic (exact) mass is 242 g/mol. The van der Waals surface area contributed by atoms with Crippen molar-refractivity contribution in [1.29, 1.82) is 0 Å². The van der Waals surface area contributed by atoms with E-state index in [1.54, 1.807) is 0 Å². The molecule has 0 saturated heterocycles. The molecule has 1 aromatic rings. The van der Waals surface area contributed by atoms with Gasteiger partial charge >= 0.3 is 0 Å². The fourth-order valence-corrected chi connectivity index (χ4v) is 3.00. The van der Waals surface area contributed by atoms with Gasteiger partial charge in [0.25, 0.3) is 0 Å². The van der Waals surface area contributed by atoms with Gasteiger partial charge in [-0.2, -0.15) is 0 Å². The van der Waals surface area contributed by atoms with Crippen molar-refractivity contribution in [2.45, 2.75) is 35.8 Å². The molecule has 1 aliphatic rings. The van der Waals surface area contributed by atoms with Gasteiger partial charge in [-0.3, -0.25) is 4.79 Å². The number of hydrogen-bond donors (Lipinski definition) is 0. The Balaban J connectivity index is 2.13. The van der Waals surface area contributed by atoms with Crippen LogP contribution in [-0.4, -0.2) is 11.0 Å². The van der Waals surface area contributed by atoms with Gasteiger partial charge in [0, 0.05) is 11.3 Å². The highest BCUT2D eigenvalue weighted by Gasteiger charge is 2.24. The summed E-state index contributed by atoms with van der Waals surface area (Å²) < 4.78 is 26.3. The summed E-state index contributed by atoms with van der Waals surface area (Å²) >= 11 is 1.15. The minimum Gasteiger partial charge on any atom is -0.298 e. The second kappa shape index (κ2) is 4.95. The number of rotatable bonds is 2. The molecule has 0 aromatic heterocycles. The van der Waals surface area contributed by atoms with E-state index in [1.807, 2.05) is 0 Å². The summed E-state index contributed by atoms with van der Waals surface area (Å²) in [6.07, 6.45) is 3.23. The second-order valence-corrected chi connectivity index (χ2v) is 5.14. The SMILES string of the molecule is O=C1CCCCC1Sc1cc(F)ccc1F. The van der Waals surface area contributed by atoms with Crippen LogP contribution in [0.3, 0.4) is 0 Å². The molecule has 0 spiro atoms. The molecule has 0 amide bonds. The van der Waals surface area contributed by atoms with Crippen LogP contribution in [0.2, 0.25) is 0 Å². The summed E-state index contributed by atoms with van der Waals surface area (Å²) in [7, 11) is 0. The van der Waals surface area contributed by atoms with Gasteiger partial charge in [-0.05, 0) is 31.0 Å². The first kappa shape index (κ1) is 11.6. The van der Waals surface area contributed by atoms with Crippen molar-refractivity contribution in [1.82, 2.24) is 0 Å². The molecule has 1 nitrogen and oxygen atoms in total. The number of benzene rings is 1. The second-order valence-electron chi connectivity index (χ2n) is 3.89. The molecule has 0 radical (unpaired) electrons. The Morgan fingerprint density at radius 2 is 2.06 bits per heavy atom. The van der Waals surface area contributed by atoms with E-state index in [9.17, 15) is 13.6 Å². The van der Waals surface area contributed by atoms with Crippen LogP contribution < -0.4 is 0 Å². The van der Waals surface area contributed by atoms with Gasteiger partial charge < -0.3 is 0 Å². The standard InChI is InChI=1S/C12H12F2OS/c13-8-5-6-9(14)12(7-8)16-11-4-2-1-3-10(11)15/h5-7,11H,1-4H2. The quantitative estimate of drug-likeness (QED) is 0.788. The average molecular weight is 242 g/mol. The van der Waals surface area contributed by atoms with Gasteiger partial charge in [0.1, 0.15) is 17.4 Å². The van der Waals surface area contributed by atoms with E-state index in [2.05, 4.69) is 0 Å². The molecule has 4 heteroatoms. The number of halogens is 2. The molecule has 0 N–H and O–H groups in total. The summed E-state index contributed by atoms with van der Waals surface area (Å²) in [6.45, 7) is 0. The van der Waals surface area contributed by atoms with Crippen LogP contribution in [0.5, 0.6) is 0 Å². The number of carbonyl (C=O) groups excluding carboxylic acids is 1. The van der Waals surface area contributed by atoms with E-state index >= 15 is 0 Å². The van der Waals surface area contributed by atoms with Crippen LogP contribution in [0.1, 0.15) is 25.7 Å². The van der Waals surface area contributed by atoms with Gasteiger partial charge in [0.05, 0.1) is 5.25 Å². The summed E-state index contributed by atoms with van der Waals surface area (Å²) in [6, 6.07) is 3.34. The van der Waals surface area contributed by atoms with Crippen molar-refractivity contribution >= 4 is 17.5 Å². The Bertz CT molecular complexity index is 406. The number of Topliss-reactive ketones (excluding diaryl/α,β-unsaturated/α-hetero) is 1. The minimum atomic E-state index is -0.466. The van der Waals surface area contributed by atoms with Crippen molar-refractivity contribution in [3.05, 3.63) is 29.8 Å². The lowest BCUT2D eigenvalue weighted by Crippen LogP contribution is -2.21. The topological polar surface area (TPSA) is 17.1 Å². The lowest BCUT2D eigenvalue weighted by atomic mass is 9.99. The zero-order valence-electron chi connectivity index (χ0n) is 8.71. The highest BCUT2D eigenvalue weighted by Crippen LogP contribution is 2.33. The van der Waals surface area contributed by atoms with Gasteiger partial charge in [0.15, 0.2) is 0 Å². The van der Waals surface area contributed by atoms with Crippen LogP contribution in [0, 0.1) is 11.6 Å². The smallest absolute Gasteiger partial charge is 0.146 e. The van der Waals surface area contributed by atoms with Crippen LogP contribution in [-0.2, 0) is 4.79 Å². The molecule has 1 aliphatic carbocycles. The molecule has 1 aromatic carbocycles. The fourth-order valence-electron chi connectivity index (χ4n) is 1.80. The summed E-state index contributed by atoms with van der Waals surface area (Å²) in [4.78, 5) is 11.8. The Hall–Kier alpha value is -0.900. The first-order valence-corrected chi connectivity index (χ1v) is 6.19. The van der Waals surface area contributed by atoms with E-state index in [-0.39, 0.29) is 15.9 Å². The summed E-state index contributed by atoms with van der Waals surface area (Å²) in [5.41, 5.74) is 0. The largest absolute Gasteiger partial charge is 0.298 e. The van der Waals surface area contributed by atoms with E-state index in [4.69, 9.17) is 0 Å². The maximum absolute atomic E-state index is 13.4. The highest BCUT2D eigenvalue weighted by atomic mass is 32.2. The molecule has 1 fully saturated rings. The van der Waals surface area contributed by atoms with Crippen LogP contribution in [0.15, 0.2) is 23.1 Å². The number of ketones is 1. The third kappa shape index (κ3) is 2.61.